The molecule has 0 aromatic carbocycles. The number of rotatable bonds is 4. The Hall–Kier alpha value is -0.570. The summed E-state index contributed by atoms with van der Waals surface area (Å²) in [5.41, 5.74) is 0. The molecule has 3 nitrogen and oxygen atoms in total. The fraction of sp³-hybridized carbons (Fsp3) is 0.875. The minimum atomic E-state index is -0.0625. The van der Waals surface area contributed by atoms with E-state index in [0.717, 1.165) is 19.5 Å². The zero-order valence-corrected chi connectivity index (χ0v) is 7.17. The summed E-state index contributed by atoms with van der Waals surface area (Å²) in [5, 5.41) is 0. The predicted octanol–water partition coefficient (Wildman–Crippen LogP) is 0.644. The Bertz CT molecular complexity index is 143. The molecular weight excluding hydrogens is 142 g/mol. The summed E-state index contributed by atoms with van der Waals surface area (Å²) in [7, 11) is 0. The molecule has 0 bridgehead atoms. The van der Waals surface area contributed by atoms with Crippen LogP contribution in [0.2, 0.25) is 0 Å². The number of carbonyl (C=O) groups excluding carboxylic acids is 1. The van der Waals surface area contributed by atoms with Crippen LogP contribution >= 0.6 is 0 Å². The SMILES string of the molecule is CCOC(=O)C(CC)N1CC1. The second kappa shape index (κ2) is 3.72. The van der Waals surface area contributed by atoms with E-state index in [2.05, 4.69) is 4.90 Å². The lowest BCUT2D eigenvalue weighted by atomic mass is 10.2. The molecule has 1 fully saturated rings. The average molecular weight is 157 g/mol. The minimum Gasteiger partial charge on any atom is -0.465 e. The lowest BCUT2D eigenvalue weighted by Gasteiger charge is -2.13. The van der Waals surface area contributed by atoms with Gasteiger partial charge in [0.2, 0.25) is 0 Å². The first-order chi connectivity index (χ1) is 5.29. The Morgan fingerprint density at radius 3 is 2.55 bits per heavy atom. The maximum absolute atomic E-state index is 11.2. The summed E-state index contributed by atoms with van der Waals surface area (Å²) in [6.45, 7) is 6.45. The maximum Gasteiger partial charge on any atom is 0.323 e. The molecule has 11 heavy (non-hydrogen) atoms. The van der Waals surface area contributed by atoms with Gasteiger partial charge in [-0.25, -0.2) is 0 Å². The van der Waals surface area contributed by atoms with Gasteiger partial charge in [-0.2, -0.15) is 0 Å². The van der Waals surface area contributed by atoms with Crippen LogP contribution in [0.25, 0.3) is 0 Å². The molecule has 1 saturated heterocycles. The van der Waals surface area contributed by atoms with Gasteiger partial charge in [-0.05, 0) is 13.3 Å². The molecule has 1 atom stereocenters. The van der Waals surface area contributed by atoms with Gasteiger partial charge in [0.15, 0.2) is 0 Å². The van der Waals surface area contributed by atoms with Gasteiger partial charge in [-0.15, -0.1) is 0 Å². The maximum atomic E-state index is 11.2. The molecule has 1 unspecified atom stereocenters. The molecule has 1 aliphatic rings. The monoisotopic (exact) mass is 157 g/mol. The van der Waals surface area contributed by atoms with E-state index < -0.39 is 0 Å². The lowest BCUT2D eigenvalue weighted by Crippen LogP contribution is -2.30. The summed E-state index contributed by atoms with van der Waals surface area (Å²) in [6, 6.07) is 0.0231. The van der Waals surface area contributed by atoms with Crippen molar-refractivity contribution in [2.24, 2.45) is 0 Å². The highest BCUT2D eigenvalue weighted by atomic mass is 16.5. The Labute approximate surface area is 67.3 Å². The van der Waals surface area contributed by atoms with E-state index in [1.54, 1.807) is 0 Å². The quantitative estimate of drug-likeness (QED) is 0.443. The molecule has 0 saturated carbocycles. The van der Waals surface area contributed by atoms with Crippen LogP contribution in [0.15, 0.2) is 0 Å². The topological polar surface area (TPSA) is 29.3 Å². The van der Waals surface area contributed by atoms with Crippen LogP contribution in [0.3, 0.4) is 0 Å². The number of ether oxygens (including phenoxy) is 1. The number of hydrogen-bond acceptors (Lipinski definition) is 3. The summed E-state index contributed by atoms with van der Waals surface area (Å²) < 4.78 is 4.92. The van der Waals surface area contributed by atoms with Crippen LogP contribution in [0.4, 0.5) is 0 Å². The van der Waals surface area contributed by atoms with E-state index >= 15 is 0 Å². The molecule has 0 aromatic heterocycles. The molecule has 1 heterocycles. The summed E-state index contributed by atoms with van der Waals surface area (Å²) in [5.74, 6) is -0.0625. The number of carbonyl (C=O) groups is 1. The molecule has 0 spiro atoms. The van der Waals surface area contributed by atoms with Crippen molar-refractivity contribution in [2.75, 3.05) is 19.7 Å². The average Bonchev–Trinajstić information content (AvgIpc) is 2.73. The van der Waals surface area contributed by atoms with Crippen LogP contribution in [-0.4, -0.2) is 36.6 Å². The van der Waals surface area contributed by atoms with Gasteiger partial charge in [0.1, 0.15) is 6.04 Å². The predicted molar refractivity (Wildman–Crippen MR) is 42.3 cm³/mol. The highest BCUT2D eigenvalue weighted by molar-refractivity contribution is 5.76. The first-order valence-corrected chi connectivity index (χ1v) is 4.20. The van der Waals surface area contributed by atoms with Crippen molar-refractivity contribution in [1.29, 1.82) is 0 Å². The summed E-state index contributed by atoms with van der Waals surface area (Å²) >= 11 is 0. The van der Waals surface area contributed by atoms with Crippen LogP contribution in [-0.2, 0) is 9.53 Å². The molecule has 1 rings (SSSR count). The van der Waals surface area contributed by atoms with E-state index in [1.807, 2.05) is 13.8 Å². The zero-order valence-electron chi connectivity index (χ0n) is 7.17. The Balaban J connectivity index is 2.33. The van der Waals surface area contributed by atoms with Gasteiger partial charge in [0.05, 0.1) is 6.61 Å². The summed E-state index contributed by atoms with van der Waals surface area (Å²) in [4.78, 5) is 13.3. The van der Waals surface area contributed by atoms with Crippen molar-refractivity contribution in [1.82, 2.24) is 4.90 Å². The highest BCUT2D eigenvalue weighted by Crippen LogP contribution is 2.14. The Morgan fingerprint density at radius 2 is 2.18 bits per heavy atom. The molecule has 0 N–H and O–H groups in total. The van der Waals surface area contributed by atoms with E-state index in [9.17, 15) is 4.79 Å². The fourth-order valence-electron chi connectivity index (χ4n) is 1.18. The second-order valence-electron chi connectivity index (χ2n) is 2.71. The first-order valence-electron chi connectivity index (χ1n) is 4.20. The van der Waals surface area contributed by atoms with E-state index in [1.165, 1.54) is 0 Å². The highest BCUT2D eigenvalue weighted by Gasteiger charge is 2.32. The number of nitrogens with zero attached hydrogens (tertiary/aromatic N) is 1. The van der Waals surface area contributed by atoms with Crippen LogP contribution < -0.4 is 0 Å². The zero-order chi connectivity index (χ0) is 8.27. The third kappa shape index (κ3) is 2.19. The molecule has 1 aliphatic heterocycles. The minimum absolute atomic E-state index is 0.0231. The first kappa shape index (κ1) is 8.53. The molecule has 0 amide bonds. The fourth-order valence-corrected chi connectivity index (χ4v) is 1.18. The van der Waals surface area contributed by atoms with Gasteiger partial charge in [0.25, 0.3) is 0 Å². The Morgan fingerprint density at radius 1 is 1.55 bits per heavy atom. The molecule has 64 valence electrons. The third-order valence-corrected chi connectivity index (χ3v) is 1.87. The van der Waals surface area contributed by atoms with Crippen molar-refractivity contribution in [2.45, 2.75) is 26.3 Å². The summed E-state index contributed by atoms with van der Waals surface area (Å²) in [6.07, 6.45) is 0.860. The lowest BCUT2D eigenvalue weighted by molar-refractivity contribution is -0.147. The largest absolute Gasteiger partial charge is 0.465 e. The van der Waals surface area contributed by atoms with E-state index in [-0.39, 0.29) is 12.0 Å². The van der Waals surface area contributed by atoms with Crippen molar-refractivity contribution in [3.05, 3.63) is 0 Å². The van der Waals surface area contributed by atoms with Crippen LogP contribution in [0.1, 0.15) is 20.3 Å². The van der Waals surface area contributed by atoms with Gasteiger partial charge >= 0.3 is 5.97 Å². The van der Waals surface area contributed by atoms with Crippen molar-refractivity contribution in [3.8, 4) is 0 Å². The van der Waals surface area contributed by atoms with E-state index in [0.29, 0.717) is 6.61 Å². The van der Waals surface area contributed by atoms with Gasteiger partial charge < -0.3 is 4.74 Å². The standard InChI is InChI=1S/C8H15NO2/c1-3-7(9-5-6-9)8(10)11-4-2/h7H,3-6H2,1-2H3. The number of hydrogen-bond donors (Lipinski definition) is 0. The van der Waals surface area contributed by atoms with Crippen molar-refractivity contribution in [3.63, 3.8) is 0 Å². The third-order valence-electron chi connectivity index (χ3n) is 1.87. The Kier molecular flexibility index (Phi) is 2.88. The van der Waals surface area contributed by atoms with Gasteiger partial charge in [-0.1, -0.05) is 6.92 Å². The number of esters is 1. The van der Waals surface area contributed by atoms with Crippen molar-refractivity contribution >= 4 is 5.97 Å². The molecule has 0 radical (unpaired) electrons. The van der Waals surface area contributed by atoms with Crippen LogP contribution in [0, 0.1) is 0 Å². The normalized spacial score (nSPS) is 19.5. The molecule has 0 aliphatic carbocycles. The van der Waals surface area contributed by atoms with Crippen molar-refractivity contribution < 1.29 is 9.53 Å². The van der Waals surface area contributed by atoms with Gasteiger partial charge in [0, 0.05) is 13.1 Å². The molecular formula is C8H15NO2. The van der Waals surface area contributed by atoms with E-state index in [4.69, 9.17) is 4.74 Å². The molecule has 0 aromatic rings. The smallest absolute Gasteiger partial charge is 0.323 e. The van der Waals surface area contributed by atoms with Crippen LogP contribution in [0.5, 0.6) is 0 Å². The molecule has 3 heteroatoms. The second-order valence-corrected chi connectivity index (χ2v) is 2.71. The van der Waals surface area contributed by atoms with Gasteiger partial charge in [-0.3, -0.25) is 9.69 Å².